The third-order valence-electron chi connectivity index (χ3n) is 3.03. The number of nitriles is 1. The highest BCUT2D eigenvalue weighted by Crippen LogP contribution is 2.22. The number of benzene rings is 2. The van der Waals surface area contributed by atoms with Crippen LogP contribution < -0.4 is 5.32 Å². The van der Waals surface area contributed by atoms with E-state index in [0.717, 1.165) is 11.3 Å². The van der Waals surface area contributed by atoms with Gasteiger partial charge in [0.1, 0.15) is 11.9 Å². The molecule has 3 rings (SSSR count). The van der Waals surface area contributed by atoms with Crippen molar-refractivity contribution in [3.8, 4) is 17.2 Å². The van der Waals surface area contributed by atoms with Gasteiger partial charge in [0, 0.05) is 5.69 Å². The van der Waals surface area contributed by atoms with Crippen molar-refractivity contribution in [2.75, 3.05) is 5.32 Å². The number of hydrogen-bond donors (Lipinski definition) is 1. The molecule has 3 aromatic rings. The van der Waals surface area contributed by atoms with Crippen molar-refractivity contribution in [2.24, 2.45) is 0 Å². The van der Waals surface area contributed by atoms with E-state index in [-0.39, 0.29) is 0 Å². The number of nitrogens with one attached hydrogen (secondary N) is 1. The summed E-state index contributed by atoms with van der Waals surface area (Å²) in [6.07, 6.45) is 2.99. The summed E-state index contributed by atoms with van der Waals surface area (Å²) in [5.41, 5.74) is 3.57. The first-order valence-electron chi connectivity index (χ1n) is 6.50. The fourth-order valence-electron chi connectivity index (χ4n) is 1.97. The molecular formula is C17H12N4. The number of anilines is 2. The van der Waals surface area contributed by atoms with Crippen LogP contribution in [-0.2, 0) is 0 Å². The zero-order valence-electron chi connectivity index (χ0n) is 11.2. The van der Waals surface area contributed by atoms with Gasteiger partial charge in [-0.15, -0.1) is 0 Å². The minimum Gasteiger partial charge on any atom is -0.339 e. The van der Waals surface area contributed by atoms with Crippen LogP contribution in [0.3, 0.4) is 0 Å². The molecule has 1 N–H and O–H groups in total. The van der Waals surface area contributed by atoms with E-state index in [1.165, 1.54) is 11.8 Å². The summed E-state index contributed by atoms with van der Waals surface area (Å²) in [4.78, 5) is 8.10. The van der Waals surface area contributed by atoms with Gasteiger partial charge in [0.15, 0.2) is 5.69 Å². The lowest BCUT2D eigenvalue weighted by atomic mass is 10.1. The van der Waals surface area contributed by atoms with Gasteiger partial charge < -0.3 is 5.32 Å². The van der Waals surface area contributed by atoms with Gasteiger partial charge >= 0.3 is 0 Å². The normalized spacial score (nSPS) is 9.86. The molecule has 0 aliphatic carbocycles. The van der Waals surface area contributed by atoms with Crippen LogP contribution >= 0.6 is 0 Å². The molecule has 0 bridgehead atoms. The summed E-state index contributed by atoms with van der Waals surface area (Å²) >= 11 is 0. The molecule has 0 saturated carbocycles. The Labute approximate surface area is 122 Å². The number of nitrogens with zero attached hydrogens (tertiary/aromatic N) is 3. The maximum absolute atomic E-state index is 8.68. The predicted octanol–water partition coefficient (Wildman–Crippen LogP) is 3.76. The summed E-state index contributed by atoms with van der Waals surface area (Å²) in [7, 11) is 0. The van der Waals surface area contributed by atoms with Gasteiger partial charge in [-0.3, -0.25) is 0 Å². The standard InChI is InChI=1S/C17H12N4/c18-10-16-11-20-17(12-19-16)21-15-8-6-14(7-9-15)13-4-2-1-3-5-13/h1-9,11-12H,(H,20,21). The summed E-state index contributed by atoms with van der Waals surface area (Å²) < 4.78 is 0. The van der Waals surface area contributed by atoms with Crippen LogP contribution in [-0.4, -0.2) is 9.97 Å². The molecule has 4 nitrogen and oxygen atoms in total. The van der Waals surface area contributed by atoms with Gasteiger partial charge in [-0.25, -0.2) is 9.97 Å². The smallest absolute Gasteiger partial charge is 0.158 e. The molecule has 21 heavy (non-hydrogen) atoms. The van der Waals surface area contributed by atoms with Crippen molar-refractivity contribution < 1.29 is 0 Å². The topological polar surface area (TPSA) is 61.6 Å². The number of rotatable bonds is 3. The van der Waals surface area contributed by atoms with Crippen LogP contribution in [0.5, 0.6) is 0 Å². The molecule has 100 valence electrons. The zero-order chi connectivity index (χ0) is 14.5. The second-order valence-electron chi connectivity index (χ2n) is 4.47. The average Bonchev–Trinajstić information content (AvgIpc) is 2.57. The third-order valence-corrected chi connectivity index (χ3v) is 3.03. The fraction of sp³-hybridized carbons (Fsp3) is 0. The van der Waals surface area contributed by atoms with Crippen molar-refractivity contribution in [1.82, 2.24) is 9.97 Å². The van der Waals surface area contributed by atoms with Gasteiger partial charge in [-0.2, -0.15) is 5.26 Å². The SMILES string of the molecule is N#Cc1cnc(Nc2ccc(-c3ccccc3)cc2)cn1. The highest BCUT2D eigenvalue weighted by molar-refractivity contribution is 5.67. The van der Waals surface area contributed by atoms with E-state index in [1.54, 1.807) is 6.20 Å². The summed E-state index contributed by atoms with van der Waals surface area (Å²) in [5.74, 6) is 0.612. The Morgan fingerprint density at radius 1 is 0.810 bits per heavy atom. The molecule has 0 radical (unpaired) electrons. The fourth-order valence-corrected chi connectivity index (χ4v) is 1.97. The molecule has 0 amide bonds. The minimum atomic E-state index is 0.306. The maximum Gasteiger partial charge on any atom is 0.158 e. The molecule has 1 aromatic heterocycles. The van der Waals surface area contributed by atoms with Crippen LogP contribution in [0.15, 0.2) is 67.0 Å². The highest BCUT2D eigenvalue weighted by atomic mass is 15.0. The van der Waals surface area contributed by atoms with Crippen molar-refractivity contribution in [3.05, 3.63) is 72.7 Å². The monoisotopic (exact) mass is 272 g/mol. The molecule has 0 aliphatic rings. The van der Waals surface area contributed by atoms with E-state index < -0.39 is 0 Å². The molecule has 0 spiro atoms. The van der Waals surface area contributed by atoms with Gasteiger partial charge in [-0.1, -0.05) is 42.5 Å². The van der Waals surface area contributed by atoms with Gasteiger partial charge in [-0.05, 0) is 23.3 Å². The zero-order valence-corrected chi connectivity index (χ0v) is 11.2. The first-order chi connectivity index (χ1) is 10.3. The molecule has 2 aromatic carbocycles. The van der Waals surface area contributed by atoms with Gasteiger partial charge in [0.25, 0.3) is 0 Å². The molecule has 0 unspecified atom stereocenters. The van der Waals surface area contributed by atoms with Crippen molar-refractivity contribution >= 4 is 11.5 Å². The first kappa shape index (κ1) is 12.8. The Morgan fingerprint density at radius 3 is 2.14 bits per heavy atom. The molecular weight excluding hydrogens is 260 g/mol. The van der Waals surface area contributed by atoms with Crippen LogP contribution in [0.4, 0.5) is 11.5 Å². The summed E-state index contributed by atoms with van der Waals surface area (Å²) in [6, 6.07) is 20.2. The van der Waals surface area contributed by atoms with E-state index >= 15 is 0 Å². The van der Waals surface area contributed by atoms with E-state index in [9.17, 15) is 0 Å². The van der Waals surface area contributed by atoms with Crippen molar-refractivity contribution in [1.29, 1.82) is 5.26 Å². The molecule has 0 aliphatic heterocycles. The lowest BCUT2D eigenvalue weighted by molar-refractivity contribution is 1.16. The summed E-state index contributed by atoms with van der Waals surface area (Å²) in [5, 5.41) is 11.8. The van der Waals surface area contributed by atoms with Gasteiger partial charge in [0.05, 0.1) is 12.4 Å². The van der Waals surface area contributed by atoms with E-state index in [2.05, 4.69) is 39.6 Å². The lowest BCUT2D eigenvalue weighted by Crippen LogP contribution is -1.95. The van der Waals surface area contributed by atoms with E-state index in [0.29, 0.717) is 11.5 Å². The Hall–Kier alpha value is -3.19. The molecule has 1 heterocycles. The first-order valence-corrected chi connectivity index (χ1v) is 6.50. The van der Waals surface area contributed by atoms with E-state index in [4.69, 9.17) is 5.26 Å². The van der Waals surface area contributed by atoms with Crippen molar-refractivity contribution in [3.63, 3.8) is 0 Å². The number of aromatic nitrogens is 2. The van der Waals surface area contributed by atoms with Crippen LogP contribution in [0.2, 0.25) is 0 Å². The molecule has 0 fully saturated rings. The maximum atomic E-state index is 8.68. The Balaban J connectivity index is 1.76. The lowest BCUT2D eigenvalue weighted by Gasteiger charge is -2.06. The van der Waals surface area contributed by atoms with Gasteiger partial charge in [0.2, 0.25) is 0 Å². The molecule has 4 heteroatoms. The average molecular weight is 272 g/mol. The van der Waals surface area contributed by atoms with Crippen LogP contribution in [0.25, 0.3) is 11.1 Å². The Kier molecular flexibility index (Phi) is 3.57. The largest absolute Gasteiger partial charge is 0.339 e. The van der Waals surface area contributed by atoms with E-state index in [1.807, 2.05) is 36.4 Å². The highest BCUT2D eigenvalue weighted by Gasteiger charge is 2.00. The Morgan fingerprint density at radius 2 is 1.52 bits per heavy atom. The molecule has 0 atom stereocenters. The second-order valence-corrected chi connectivity index (χ2v) is 4.47. The number of hydrogen-bond acceptors (Lipinski definition) is 4. The second kappa shape index (κ2) is 5.85. The summed E-state index contributed by atoms with van der Waals surface area (Å²) in [6.45, 7) is 0. The predicted molar refractivity (Wildman–Crippen MR) is 81.9 cm³/mol. The Bertz CT molecular complexity index is 757. The molecule has 0 saturated heterocycles. The quantitative estimate of drug-likeness (QED) is 0.788. The van der Waals surface area contributed by atoms with Crippen LogP contribution in [0.1, 0.15) is 5.69 Å². The van der Waals surface area contributed by atoms with Crippen LogP contribution in [0, 0.1) is 11.3 Å². The minimum absolute atomic E-state index is 0.306. The van der Waals surface area contributed by atoms with Crippen molar-refractivity contribution in [2.45, 2.75) is 0 Å². The third kappa shape index (κ3) is 3.04.